The Morgan fingerprint density at radius 3 is 2.69 bits per heavy atom. The van der Waals surface area contributed by atoms with Crippen molar-refractivity contribution in [1.29, 1.82) is 0 Å². The largest absolute Gasteiger partial charge is 0.376 e. The van der Waals surface area contributed by atoms with E-state index in [9.17, 15) is 9.59 Å². The molecule has 1 saturated heterocycles. The molecule has 6 heteroatoms. The molecule has 1 atom stereocenters. The first kappa shape index (κ1) is 19.0. The van der Waals surface area contributed by atoms with Gasteiger partial charge in [0.25, 0.3) is 11.8 Å². The molecule has 3 N–H and O–H groups in total. The summed E-state index contributed by atoms with van der Waals surface area (Å²) in [5, 5.41) is 6.63. The van der Waals surface area contributed by atoms with E-state index in [4.69, 9.17) is 4.74 Å². The Labute approximate surface area is 169 Å². The fourth-order valence-corrected chi connectivity index (χ4v) is 3.42. The van der Waals surface area contributed by atoms with Crippen molar-refractivity contribution in [2.24, 2.45) is 0 Å². The van der Waals surface area contributed by atoms with Gasteiger partial charge in [-0.15, -0.1) is 0 Å². The number of carbonyl (C=O) groups is 2. The molecule has 148 valence electrons. The summed E-state index contributed by atoms with van der Waals surface area (Å²) < 4.78 is 5.57. The van der Waals surface area contributed by atoms with E-state index < -0.39 is 0 Å². The molecule has 0 unspecified atom stereocenters. The summed E-state index contributed by atoms with van der Waals surface area (Å²) >= 11 is 0. The highest BCUT2D eigenvalue weighted by molar-refractivity contribution is 6.06. The molecule has 4 rings (SSSR count). The molecule has 0 radical (unpaired) electrons. The lowest BCUT2D eigenvalue weighted by molar-refractivity contribution is -0.118. The van der Waals surface area contributed by atoms with Crippen molar-refractivity contribution in [2.45, 2.75) is 18.9 Å². The van der Waals surface area contributed by atoms with E-state index in [-0.39, 0.29) is 23.6 Å². The van der Waals surface area contributed by atoms with E-state index in [0.717, 1.165) is 35.9 Å². The Bertz CT molecular complexity index is 1030. The molecule has 0 bridgehead atoms. The zero-order valence-corrected chi connectivity index (χ0v) is 16.0. The summed E-state index contributed by atoms with van der Waals surface area (Å²) in [6, 6.07) is 16.7. The van der Waals surface area contributed by atoms with Crippen molar-refractivity contribution < 1.29 is 14.3 Å². The maximum absolute atomic E-state index is 12.9. The Morgan fingerprint density at radius 2 is 1.90 bits per heavy atom. The number of hydrogen-bond donors (Lipinski definition) is 3. The van der Waals surface area contributed by atoms with Gasteiger partial charge in [0, 0.05) is 41.4 Å². The van der Waals surface area contributed by atoms with Gasteiger partial charge < -0.3 is 20.4 Å². The van der Waals surface area contributed by atoms with E-state index in [1.807, 2.05) is 36.5 Å². The second-order valence-electron chi connectivity index (χ2n) is 7.01. The van der Waals surface area contributed by atoms with Crippen LogP contribution in [0.15, 0.2) is 66.5 Å². The van der Waals surface area contributed by atoms with Gasteiger partial charge in [0.05, 0.1) is 6.10 Å². The normalized spacial score (nSPS) is 16.7. The van der Waals surface area contributed by atoms with Gasteiger partial charge in [0.15, 0.2) is 0 Å². The highest BCUT2D eigenvalue weighted by Crippen LogP contribution is 2.20. The van der Waals surface area contributed by atoms with Crippen LogP contribution in [0.1, 0.15) is 28.8 Å². The molecule has 1 fully saturated rings. The molecular formula is C23H23N3O3. The Balaban J connectivity index is 1.59. The molecule has 3 aromatic rings. The van der Waals surface area contributed by atoms with Gasteiger partial charge in [0.2, 0.25) is 0 Å². The molecule has 2 heterocycles. The smallest absolute Gasteiger partial charge is 0.267 e. The number of para-hydroxylation sites is 1. The van der Waals surface area contributed by atoms with Crippen LogP contribution >= 0.6 is 0 Å². The number of benzene rings is 2. The maximum Gasteiger partial charge on any atom is 0.267 e. The van der Waals surface area contributed by atoms with Gasteiger partial charge in [0.1, 0.15) is 5.70 Å². The van der Waals surface area contributed by atoms with Crippen molar-refractivity contribution in [3.63, 3.8) is 0 Å². The van der Waals surface area contributed by atoms with E-state index in [1.165, 1.54) is 0 Å². The van der Waals surface area contributed by atoms with E-state index in [1.54, 1.807) is 30.3 Å². The summed E-state index contributed by atoms with van der Waals surface area (Å²) in [6.07, 6.45) is 5.48. The Hall–Kier alpha value is -3.38. The lowest BCUT2D eigenvalue weighted by atomic mass is 10.1. The number of hydrogen-bond acceptors (Lipinski definition) is 3. The molecule has 6 nitrogen and oxygen atoms in total. The number of nitrogens with one attached hydrogen (secondary N) is 3. The number of ether oxygens (including phenoxy) is 1. The molecule has 0 aliphatic carbocycles. The summed E-state index contributed by atoms with van der Waals surface area (Å²) in [5.41, 5.74) is 2.48. The van der Waals surface area contributed by atoms with Gasteiger partial charge >= 0.3 is 0 Å². The first-order valence-corrected chi connectivity index (χ1v) is 9.75. The zero-order valence-electron chi connectivity index (χ0n) is 16.0. The minimum absolute atomic E-state index is 0.0260. The van der Waals surface area contributed by atoms with Crippen LogP contribution in [0.25, 0.3) is 17.0 Å². The highest BCUT2D eigenvalue weighted by atomic mass is 16.5. The average Bonchev–Trinajstić information content (AvgIpc) is 3.42. The van der Waals surface area contributed by atoms with Gasteiger partial charge in [-0.3, -0.25) is 9.59 Å². The minimum atomic E-state index is -0.338. The van der Waals surface area contributed by atoms with Crippen molar-refractivity contribution in [1.82, 2.24) is 15.6 Å². The molecule has 1 aromatic heterocycles. The van der Waals surface area contributed by atoms with Crippen LogP contribution < -0.4 is 10.6 Å². The standard InChI is InChI=1S/C23H23N3O3/c27-22(16-7-2-1-3-8-16)26-21(23(28)25-15-18-9-6-12-29-18)13-17-14-24-20-11-5-4-10-19(17)20/h1-5,7-8,10-11,13-14,18,24H,6,9,12,15H2,(H,25,28)(H,26,27)/b21-13+/t18-/m1/s1. The number of aromatic amines is 1. The van der Waals surface area contributed by atoms with Gasteiger partial charge in [-0.2, -0.15) is 0 Å². The first-order valence-electron chi connectivity index (χ1n) is 9.75. The fraction of sp³-hybridized carbons (Fsp3) is 0.217. The number of fused-ring (bicyclic) bond motifs is 1. The highest BCUT2D eigenvalue weighted by Gasteiger charge is 2.19. The number of aromatic nitrogens is 1. The molecule has 2 aromatic carbocycles. The summed E-state index contributed by atoms with van der Waals surface area (Å²) in [7, 11) is 0. The number of H-pyrrole nitrogens is 1. The third kappa shape index (κ3) is 4.55. The van der Waals surface area contributed by atoms with Gasteiger partial charge in [-0.05, 0) is 37.1 Å². The van der Waals surface area contributed by atoms with Crippen molar-refractivity contribution in [3.8, 4) is 0 Å². The van der Waals surface area contributed by atoms with Crippen LogP contribution in [0.4, 0.5) is 0 Å². The lowest BCUT2D eigenvalue weighted by Crippen LogP contribution is -2.38. The lowest BCUT2D eigenvalue weighted by Gasteiger charge is -2.14. The van der Waals surface area contributed by atoms with Gasteiger partial charge in [-0.1, -0.05) is 36.4 Å². The van der Waals surface area contributed by atoms with Crippen LogP contribution in [-0.2, 0) is 9.53 Å². The second kappa shape index (κ2) is 8.75. The van der Waals surface area contributed by atoms with Crippen LogP contribution in [0, 0.1) is 0 Å². The average molecular weight is 389 g/mol. The van der Waals surface area contributed by atoms with E-state index >= 15 is 0 Å². The maximum atomic E-state index is 12.9. The molecule has 1 aliphatic heterocycles. The SMILES string of the molecule is O=C(NC[C@H]1CCCO1)/C(=C\c1c[nH]c2ccccc12)NC(=O)c1ccccc1. The first-order chi connectivity index (χ1) is 14.2. The molecule has 0 spiro atoms. The monoisotopic (exact) mass is 389 g/mol. The fourth-order valence-electron chi connectivity index (χ4n) is 3.42. The Kier molecular flexibility index (Phi) is 5.72. The van der Waals surface area contributed by atoms with Crippen LogP contribution in [-0.4, -0.2) is 36.1 Å². The minimum Gasteiger partial charge on any atom is -0.376 e. The number of rotatable bonds is 6. The topological polar surface area (TPSA) is 83.2 Å². The second-order valence-corrected chi connectivity index (χ2v) is 7.01. The quantitative estimate of drug-likeness (QED) is 0.566. The third-order valence-electron chi connectivity index (χ3n) is 4.96. The predicted molar refractivity (Wildman–Crippen MR) is 112 cm³/mol. The predicted octanol–water partition coefficient (Wildman–Crippen LogP) is 3.23. The zero-order chi connectivity index (χ0) is 20.1. The summed E-state index contributed by atoms with van der Waals surface area (Å²) in [4.78, 5) is 28.7. The third-order valence-corrected chi connectivity index (χ3v) is 4.96. The summed E-state index contributed by atoms with van der Waals surface area (Å²) in [6.45, 7) is 1.15. The molecule has 0 saturated carbocycles. The molecular weight excluding hydrogens is 366 g/mol. The molecule has 1 aliphatic rings. The van der Waals surface area contributed by atoms with E-state index in [2.05, 4.69) is 15.6 Å². The Morgan fingerprint density at radius 1 is 1.10 bits per heavy atom. The molecule has 29 heavy (non-hydrogen) atoms. The van der Waals surface area contributed by atoms with Crippen molar-refractivity contribution >= 4 is 28.8 Å². The molecule has 2 amide bonds. The van der Waals surface area contributed by atoms with Crippen molar-refractivity contribution in [3.05, 3.63) is 77.6 Å². The van der Waals surface area contributed by atoms with Crippen LogP contribution in [0.5, 0.6) is 0 Å². The number of carbonyl (C=O) groups excluding carboxylic acids is 2. The van der Waals surface area contributed by atoms with Gasteiger partial charge in [-0.25, -0.2) is 0 Å². The van der Waals surface area contributed by atoms with Crippen LogP contribution in [0.2, 0.25) is 0 Å². The summed E-state index contributed by atoms with van der Waals surface area (Å²) in [5.74, 6) is -0.668. The van der Waals surface area contributed by atoms with E-state index in [0.29, 0.717) is 12.1 Å². The van der Waals surface area contributed by atoms with Crippen molar-refractivity contribution in [2.75, 3.05) is 13.2 Å². The number of amides is 2. The van der Waals surface area contributed by atoms with Crippen LogP contribution in [0.3, 0.4) is 0 Å².